The van der Waals surface area contributed by atoms with Crippen molar-refractivity contribution in [1.29, 1.82) is 0 Å². The maximum Gasteiger partial charge on any atom is 0.359 e. The molecule has 0 spiro atoms. The van der Waals surface area contributed by atoms with Crippen molar-refractivity contribution >= 4 is 17.3 Å². The molecule has 2 aromatic rings. The summed E-state index contributed by atoms with van der Waals surface area (Å²) in [6.45, 7) is 3.42. The molecule has 120 valence electrons. The second-order valence-corrected chi connectivity index (χ2v) is 4.51. The highest BCUT2D eigenvalue weighted by molar-refractivity contribution is 5.88. The molecule has 2 rings (SSSR count). The van der Waals surface area contributed by atoms with Gasteiger partial charge in [0.05, 0.1) is 22.5 Å². The number of aromatic nitrogens is 2. The summed E-state index contributed by atoms with van der Waals surface area (Å²) in [7, 11) is 0. The SMILES string of the molecule is CCOC(=O)c1nn(-c2ccc([N+](=O)[O-])cc2[N+](=O)[O-])cc1C. The molecule has 0 atom stereocenters. The van der Waals surface area contributed by atoms with Gasteiger partial charge in [0.25, 0.3) is 5.69 Å². The number of non-ortho nitro benzene ring substituents is 1. The molecule has 1 heterocycles. The van der Waals surface area contributed by atoms with E-state index in [0.29, 0.717) is 5.56 Å². The van der Waals surface area contributed by atoms with Crippen LogP contribution in [0.1, 0.15) is 23.0 Å². The average molecular weight is 320 g/mol. The Balaban J connectivity index is 2.54. The summed E-state index contributed by atoms with van der Waals surface area (Å²) >= 11 is 0. The van der Waals surface area contributed by atoms with Crippen molar-refractivity contribution in [3.05, 3.63) is 55.9 Å². The molecule has 0 aliphatic carbocycles. The molecule has 0 radical (unpaired) electrons. The number of hydrogen-bond donors (Lipinski definition) is 0. The number of nitrogens with zero attached hydrogens (tertiary/aromatic N) is 4. The molecule has 0 aliphatic heterocycles. The number of ether oxygens (including phenoxy) is 1. The van der Waals surface area contributed by atoms with Crippen LogP contribution in [0.25, 0.3) is 5.69 Å². The molecule has 0 saturated carbocycles. The Morgan fingerprint density at radius 3 is 2.57 bits per heavy atom. The summed E-state index contributed by atoms with van der Waals surface area (Å²) in [6, 6.07) is 3.18. The molecule has 0 aliphatic rings. The lowest BCUT2D eigenvalue weighted by Crippen LogP contribution is -2.08. The van der Waals surface area contributed by atoms with Crippen molar-refractivity contribution in [3.63, 3.8) is 0 Å². The molecule has 0 unspecified atom stereocenters. The van der Waals surface area contributed by atoms with Crippen LogP contribution in [0.2, 0.25) is 0 Å². The van der Waals surface area contributed by atoms with Gasteiger partial charge in [0.2, 0.25) is 0 Å². The summed E-state index contributed by atoms with van der Waals surface area (Å²) in [5, 5.41) is 25.9. The number of hydrogen-bond acceptors (Lipinski definition) is 7. The Bertz CT molecular complexity index is 798. The van der Waals surface area contributed by atoms with E-state index in [1.54, 1.807) is 13.8 Å². The fraction of sp³-hybridized carbons (Fsp3) is 0.231. The standard InChI is InChI=1S/C13H12N4O6/c1-3-23-13(18)12-8(2)7-15(14-12)10-5-4-9(16(19)20)6-11(10)17(21)22/h4-7H,3H2,1-2H3. The monoisotopic (exact) mass is 320 g/mol. The van der Waals surface area contributed by atoms with Crippen LogP contribution in [-0.2, 0) is 4.74 Å². The molecular weight excluding hydrogens is 308 g/mol. The van der Waals surface area contributed by atoms with Crippen molar-refractivity contribution in [2.45, 2.75) is 13.8 Å². The number of nitro groups is 2. The van der Waals surface area contributed by atoms with Crippen LogP contribution in [-0.4, -0.2) is 32.2 Å². The molecule has 1 aromatic heterocycles. The number of rotatable bonds is 5. The van der Waals surface area contributed by atoms with Crippen LogP contribution in [0.15, 0.2) is 24.4 Å². The summed E-state index contributed by atoms with van der Waals surface area (Å²) < 4.78 is 5.98. The lowest BCUT2D eigenvalue weighted by Gasteiger charge is -2.03. The minimum absolute atomic E-state index is 0.0132. The molecule has 23 heavy (non-hydrogen) atoms. The topological polar surface area (TPSA) is 130 Å². The third-order valence-corrected chi connectivity index (χ3v) is 2.98. The number of aryl methyl sites for hydroxylation is 1. The molecule has 1 aromatic carbocycles. The second-order valence-electron chi connectivity index (χ2n) is 4.51. The van der Waals surface area contributed by atoms with Crippen LogP contribution in [0.3, 0.4) is 0 Å². The molecule has 10 heteroatoms. The number of esters is 1. The van der Waals surface area contributed by atoms with E-state index in [-0.39, 0.29) is 18.0 Å². The quantitative estimate of drug-likeness (QED) is 0.468. The predicted molar refractivity (Wildman–Crippen MR) is 77.6 cm³/mol. The highest BCUT2D eigenvalue weighted by atomic mass is 16.6. The van der Waals surface area contributed by atoms with Crippen molar-refractivity contribution in [2.24, 2.45) is 0 Å². The fourth-order valence-electron chi connectivity index (χ4n) is 1.95. The van der Waals surface area contributed by atoms with Gasteiger partial charge in [0, 0.05) is 17.8 Å². The zero-order valence-electron chi connectivity index (χ0n) is 12.3. The summed E-state index contributed by atoms with van der Waals surface area (Å²) in [5.74, 6) is -0.645. The Morgan fingerprint density at radius 2 is 2.00 bits per heavy atom. The maximum atomic E-state index is 11.8. The van der Waals surface area contributed by atoms with E-state index in [4.69, 9.17) is 4.74 Å². The van der Waals surface area contributed by atoms with Gasteiger partial charge < -0.3 is 4.74 Å². The summed E-state index contributed by atoms with van der Waals surface area (Å²) in [6.07, 6.45) is 1.42. The van der Waals surface area contributed by atoms with Crippen LogP contribution >= 0.6 is 0 Å². The highest BCUT2D eigenvalue weighted by Gasteiger charge is 2.23. The van der Waals surface area contributed by atoms with Gasteiger partial charge >= 0.3 is 11.7 Å². The second kappa shape index (κ2) is 6.22. The number of benzene rings is 1. The smallest absolute Gasteiger partial charge is 0.359 e. The normalized spacial score (nSPS) is 10.3. The number of carbonyl (C=O) groups is 1. The van der Waals surface area contributed by atoms with Crippen molar-refractivity contribution < 1.29 is 19.4 Å². The van der Waals surface area contributed by atoms with E-state index in [0.717, 1.165) is 16.8 Å². The van der Waals surface area contributed by atoms with Gasteiger partial charge in [0.1, 0.15) is 5.69 Å². The Kier molecular flexibility index (Phi) is 4.35. The molecule has 10 nitrogen and oxygen atoms in total. The van der Waals surface area contributed by atoms with Gasteiger partial charge in [-0.3, -0.25) is 20.2 Å². The molecule has 0 bridgehead atoms. The lowest BCUT2D eigenvalue weighted by atomic mass is 10.2. The van der Waals surface area contributed by atoms with E-state index in [1.807, 2.05) is 0 Å². The highest BCUT2D eigenvalue weighted by Crippen LogP contribution is 2.28. The number of carbonyl (C=O) groups excluding carboxylic acids is 1. The first-order valence-electron chi connectivity index (χ1n) is 6.51. The largest absolute Gasteiger partial charge is 0.461 e. The summed E-state index contributed by atoms with van der Waals surface area (Å²) in [5.41, 5.74) is -0.387. The van der Waals surface area contributed by atoms with Gasteiger partial charge in [-0.25, -0.2) is 9.48 Å². The van der Waals surface area contributed by atoms with E-state index in [1.165, 1.54) is 12.3 Å². The molecule has 0 amide bonds. The van der Waals surface area contributed by atoms with E-state index in [2.05, 4.69) is 5.10 Å². The van der Waals surface area contributed by atoms with Crippen molar-refractivity contribution in [2.75, 3.05) is 6.61 Å². The van der Waals surface area contributed by atoms with Gasteiger partial charge in [-0.15, -0.1) is 0 Å². The third kappa shape index (κ3) is 3.15. The van der Waals surface area contributed by atoms with Crippen LogP contribution in [0.5, 0.6) is 0 Å². The Labute approximate surface area is 129 Å². The van der Waals surface area contributed by atoms with E-state index < -0.39 is 27.2 Å². The first kappa shape index (κ1) is 16.1. The Morgan fingerprint density at radius 1 is 1.30 bits per heavy atom. The minimum atomic E-state index is -0.747. The fourth-order valence-corrected chi connectivity index (χ4v) is 1.95. The van der Waals surface area contributed by atoms with Crippen LogP contribution < -0.4 is 0 Å². The van der Waals surface area contributed by atoms with Gasteiger partial charge in [-0.05, 0) is 19.9 Å². The van der Waals surface area contributed by atoms with E-state index >= 15 is 0 Å². The van der Waals surface area contributed by atoms with Gasteiger partial charge in [-0.1, -0.05) is 0 Å². The third-order valence-electron chi connectivity index (χ3n) is 2.98. The predicted octanol–water partition coefficient (Wildman–Crippen LogP) is 2.17. The lowest BCUT2D eigenvalue weighted by molar-refractivity contribution is -0.394. The maximum absolute atomic E-state index is 11.8. The zero-order valence-corrected chi connectivity index (χ0v) is 12.3. The summed E-state index contributed by atoms with van der Waals surface area (Å²) in [4.78, 5) is 32.2. The molecular formula is C13H12N4O6. The molecule has 0 fully saturated rings. The van der Waals surface area contributed by atoms with Crippen LogP contribution in [0.4, 0.5) is 11.4 Å². The first-order chi connectivity index (χ1) is 10.8. The van der Waals surface area contributed by atoms with Gasteiger partial charge in [0.15, 0.2) is 5.69 Å². The minimum Gasteiger partial charge on any atom is -0.461 e. The number of nitro benzene ring substituents is 2. The van der Waals surface area contributed by atoms with Crippen molar-refractivity contribution in [1.82, 2.24) is 9.78 Å². The Hall–Kier alpha value is -3.30. The molecule has 0 N–H and O–H groups in total. The first-order valence-corrected chi connectivity index (χ1v) is 6.51. The zero-order chi connectivity index (χ0) is 17.1. The van der Waals surface area contributed by atoms with Crippen molar-refractivity contribution in [3.8, 4) is 5.69 Å². The van der Waals surface area contributed by atoms with E-state index in [9.17, 15) is 25.0 Å². The average Bonchev–Trinajstić information content (AvgIpc) is 2.88. The molecule has 0 saturated heterocycles. The van der Waals surface area contributed by atoms with Gasteiger partial charge in [-0.2, -0.15) is 5.10 Å². The van der Waals surface area contributed by atoms with Crippen LogP contribution in [0, 0.1) is 27.2 Å².